The largest absolute Gasteiger partial charge is 1.00 e. The van der Waals surface area contributed by atoms with Crippen LogP contribution in [0.4, 0.5) is 0 Å². The van der Waals surface area contributed by atoms with Crippen LogP contribution in [0.2, 0.25) is 0 Å². The van der Waals surface area contributed by atoms with Gasteiger partial charge in [-0.3, -0.25) is 0 Å². The molecular weight excluding hydrogens is 154 g/mol. The minimum Gasteiger partial charge on any atom is -0.329 e. The Morgan fingerprint density at radius 3 is 1.62 bits per heavy atom. The normalized spacial score (nSPS) is 8.25. The minimum absolute atomic E-state index is 0. The molecule has 0 bridgehead atoms. The average Bonchev–Trinajstić information content (AvgIpc) is 1.69. The number of hydrogen-bond donors (Lipinski definition) is 3. The molecule has 5 N–H and O–H groups in total. The van der Waals surface area contributed by atoms with Gasteiger partial charge >= 0.3 is 17.1 Å². The van der Waals surface area contributed by atoms with Crippen LogP contribution in [0, 0.1) is 0 Å². The molecule has 0 aliphatic heterocycles. The molecule has 0 rings (SSSR count). The van der Waals surface area contributed by atoms with Crippen LogP contribution in [0.1, 0.15) is 0 Å². The van der Waals surface area contributed by atoms with Crippen molar-refractivity contribution < 1.29 is 17.1 Å². The average molecular weight is 167 g/mol. The summed E-state index contributed by atoms with van der Waals surface area (Å²) in [6.45, 7) is 3.13. The third-order valence-corrected chi connectivity index (χ3v) is 0.642. The van der Waals surface area contributed by atoms with E-state index in [0.29, 0.717) is 13.1 Å². The second-order valence-corrected chi connectivity index (χ2v) is 1.33. The predicted octanol–water partition coefficient (Wildman–Crippen LogP) is -1.51. The van der Waals surface area contributed by atoms with Crippen molar-refractivity contribution in [3.05, 3.63) is 0 Å². The zero-order valence-electron chi connectivity index (χ0n) is 4.78. The number of nitrogens with one attached hydrogen (secondary N) is 1. The van der Waals surface area contributed by atoms with Crippen LogP contribution in [0.15, 0.2) is 0 Å². The molecule has 0 aromatic heterocycles. The summed E-state index contributed by atoms with van der Waals surface area (Å²) < 4.78 is 0. The van der Waals surface area contributed by atoms with Gasteiger partial charge in [-0.2, -0.15) is 0 Å². The van der Waals surface area contributed by atoms with Gasteiger partial charge in [-0.25, -0.2) is 0 Å². The zero-order chi connectivity index (χ0) is 5.54. The van der Waals surface area contributed by atoms with E-state index in [0.717, 1.165) is 13.1 Å². The minimum atomic E-state index is 0. The molecule has 8 heavy (non-hydrogen) atoms. The zero-order valence-corrected chi connectivity index (χ0v) is 5.73. The van der Waals surface area contributed by atoms with E-state index >= 15 is 0 Å². The quantitative estimate of drug-likeness (QED) is 0.352. The molecular formula is C4H13CuN3+. The summed E-state index contributed by atoms with van der Waals surface area (Å²) in [5, 5.41) is 3.03. The van der Waals surface area contributed by atoms with E-state index in [4.69, 9.17) is 11.5 Å². The van der Waals surface area contributed by atoms with Gasteiger partial charge in [-0.1, -0.05) is 0 Å². The van der Waals surface area contributed by atoms with Crippen LogP contribution < -0.4 is 16.8 Å². The molecule has 0 saturated heterocycles. The van der Waals surface area contributed by atoms with Gasteiger partial charge in [-0.05, 0) is 0 Å². The van der Waals surface area contributed by atoms with Crippen LogP contribution in [-0.4, -0.2) is 26.2 Å². The van der Waals surface area contributed by atoms with Gasteiger partial charge in [0.05, 0.1) is 0 Å². The number of hydrogen-bond acceptors (Lipinski definition) is 3. The third kappa shape index (κ3) is 9.64. The Bertz CT molecular complexity index is 30.5. The van der Waals surface area contributed by atoms with E-state index in [1.54, 1.807) is 0 Å². The monoisotopic (exact) mass is 166 g/mol. The van der Waals surface area contributed by atoms with Crippen molar-refractivity contribution in [3.63, 3.8) is 0 Å². The second-order valence-electron chi connectivity index (χ2n) is 1.33. The summed E-state index contributed by atoms with van der Waals surface area (Å²) in [6, 6.07) is 0. The molecule has 0 aliphatic carbocycles. The van der Waals surface area contributed by atoms with E-state index in [1.807, 2.05) is 0 Å². The van der Waals surface area contributed by atoms with E-state index in [9.17, 15) is 0 Å². The molecule has 0 aliphatic rings. The van der Waals surface area contributed by atoms with Crippen molar-refractivity contribution >= 4 is 0 Å². The first-order valence-corrected chi connectivity index (χ1v) is 2.52. The third-order valence-electron chi connectivity index (χ3n) is 0.642. The summed E-state index contributed by atoms with van der Waals surface area (Å²) in [4.78, 5) is 0. The maximum Gasteiger partial charge on any atom is 1.00 e. The molecule has 0 fully saturated rings. The van der Waals surface area contributed by atoms with E-state index in [1.165, 1.54) is 0 Å². The fourth-order valence-electron chi connectivity index (χ4n) is 0.329. The Kier molecular flexibility index (Phi) is 14.6. The first-order chi connectivity index (χ1) is 3.41. The topological polar surface area (TPSA) is 64.1 Å². The maximum atomic E-state index is 5.17. The van der Waals surface area contributed by atoms with Gasteiger partial charge in [0.2, 0.25) is 0 Å². The summed E-state index contributed by atoms with van der Waals surface area (Å²) in [7, 11) is 0. The molecule has 0 spiro atoms. The summed E-state index contributed by atoms with van der Waals surface area (Å²) in [5.74, 6) is 0. The predicted molar refractivity (Wildman–Crippen MR) is 31.0 cm³/mol. The second kappa shape index (κ2) is 10.4. The van der Waals surface area contributed by atoms with Crippen LogP contribution in [0.3, 0.4) is 0 Å². The van der Waals surface area contributed by atoms with Crippen molar-refractivity contribution in [2.75, 3.05) is 26.2 Å². The van der Waals surface area contributed by atoms with Crippen molar-refractivity contribution in [2.45, 2.75) is 0 Å². The van der Waals surface area contributed by atoms with E-state index in [2.05, 4.69) is 5.32 Å². The summed E-state index contributed by atoms with van der Waals surface area (Å²) in [6.07, 6.45) is 0. The smallest absolute Gasteiger partial charge is 0.329 e. The van der Waals surface area contributed by atoms with Crippen molar-refractivity contribution in [1.82, 2.24) is 5.32 Å². The SMILES string of the molecule is NCCNCCN.[Cu+]. The Morgan fingerprint density at radius 2 is 1.38 bits per heavy atom. The van der Waals surface area contributed by atoms with Crippen LogP contribution in [0.5, 0.6) is 0 Å². The summed E-state index contributed by atoms with van der Waals surface area (Å²) >= 11 is 0. The van der Waals surface area contributed by atoms with Gasteiger partial charge in [0.1, 0.15) is 0 Å². The Morgan fingerprint density at radius 1 is 1.00 bits per heavy atom. The van der Waals surface area contributed by atoms with Crippen LogP contribution in [-0.2, 0) is 17.1 Å². The van der Waals surface area contributed by atoms with Crippen molar-refractivity contribution in [3.8, 4) is 0 Å². The molecule has 0 atom stereocenters. The van der Waals surface area contributed by atoms with Gasteiger partial charge < -0.3 is 16.8 Å². The van der Waals surface area contributed by atoms with Crippen molar-refractivity contribution in [2.24, 2.45) is 11.5 Å². The molecule has 4 heteroatoms. The molecule has 0 radical (unpaired) electrons. The van der Waals surface area contributed by atoms with Crippen LogP contribution in [0.25, 0.3) is 0 Å². The number of nitrogens with two attached hydrogens (primary N) is 2. The van der Waals surface area contributed by atoms with Gasteiger partial charge in [0, 0.05) is 26.2 Å². The summed E-state index contributed by atoms with van der Waals surface area (Å²) in [5.41, 5.74) is 10.3. The maximum absolute atomic E-state index is 5.17. The molecule has 0 aromatic rings. The van der Waals surface area contributed by atoms with E-state index in [-0.39, 0.29) is 17.1 Å². The fraction of sp³-hybridized carbons (Fsp3) is 1.00. The Hall–Kier alpha value is 0.399. The van der Waals surface area contributed by atoms with Gasteiger partial charge in [0.15, 0.2) is 0 Å². The van der Waals surface area contributed by atoms with Crippen molar-refractivity contribution in [1.29, 1.82) is 0 Å². The van der Waals surface area contributed by atoms with Crippen LogP contribution >= 0.6 is 0 Å². The first kappa shape index (κ1) is 11.2. The fourth-order valence-corrected chi connectivity index (χ4v) is 0.329. The molecule has 0 aromatic carbocycles. The Labute approximate surface area is 60.7 Å². The molecule has 0 unspecified atom stereocenters. The molecule has 0 saturated carbocycles. The van der Waals surface area contributed by atoms with Gasteiger partial charge in [0.25, 0.3) is 0 Å². The Balaban J connectivity index is 0. The standard InChI is InChI=1S/C4H13N3.Cu/c5-1-3-7-4-2-6;/h7H,1-6H2;/q;+1. The molecule has 3 nitrogen and oxygen atoms in total. The van der Waals surface area contributed by atoms with E-state index < -0.39 is 0 Å². The molecule has 54 valence electrons. The molecule has 0 heterocycles. The number of rotatable bonds is 4. The molecule has 0 amide bonds. The van der Waals surface area contributed by atoms with Gasteiger partial charge in [-0.15, -0.1) is 0 Å². The first-order valence-electron chi connectivity index (χ1n) is 2.52.